The van der Waals surface area contributed by atoms with Crippen LogP contribution in [-0.4, -0.2) is 18.2 Å². The standard InChI is InChI=1S/C11H16N2O.2ClH/c12-9-4-5-11(14)10(8-9)13-6-2-1-3-7-13;;/h4-5,8,14H,1-3,6-7,12H2;2*1H. The molecule has 92 valence electrons. The van der Waals surface area contributed by atoms with E-state index in [0.717, 1.165) is 18.8 Å². The van der Waals surface area contributed by atoms with E-state index in [4.69, 9.17) is 5.73 Å². The van der Waals surface area contributed by atoms with Crippen molar-refractivity contribution in [2.24, 2.45) is 0 Å². The number of nitrogen functional groups attached to an aromatic ring is 1. The van der Waals surface area contributed by atoms with E-state index in [1.165, 1.54) is 19.3 Å². The van der Waals surface area contributed by atoms with Crippen LogP contribution < -0.4 is 10.6 Å². The van der Waals surface area contributed by atoms with Crippen molar-refractivity contribution in [1.82, 2.24) is 0 Å². The minimum absolute atomic E-state index is 0. The van der Waals surface area contributed by atoms with Crippen molar-refractivity contribution in [3.8, 4) is 5.75 Å². The van der Waals surface area contributed by atoms with Gasteiger partial charge in [0, 0.05) is 18.8 Å². The van der Waals surface area contributed by atoms with E-state index in [1.54, 1.807) is 12.1 Å². The second kappa shape index (κ2) is 6.71. The highest BCUT2D eigenvalue weighted by molar-refractivity contribution is 5.85. The molecule has 0 saturated carbocycles. The van der Waals surface area contributed by atoms with Crippen LogP contribution in [0.3, 0.4) is 0 Å². The minimum Gasteiger partial charge on any atom is -0.506 e. The van der Waals surface area contributed by atoms with E-state index in [-0.39, 0.29) is 24.8 Å². The Kier molecular flexibility index (Phi) is 6.38. The molecule has 1 aliphatic heterocycles. The fourth-order valence-electron chi connectivity index (χ4n) is 1.93. The van der Waals surface area contributed by atoms with Crippen molar-refractivity contribution < 1.29 is 5.11 Å². The summed E-state index contributed by atoms with van der Waals surface area (Å²) in [4.78, 5) is 2.20. The number of piperidine rings is 1. The fourth-order valence-corrected chi connectivity index (χ4v) is 1.93. The molecular formula is C11H18Cl2N2O. The van der Waals surface area contributed by atoms with E-state index >= 15 is 0 Å². The van der Waals surface area contributed by atoms with Gasteiger partial charge in [-0.05, 0) is 37.5 Å². The van der Waals surface area contributed by atoms with Gasteiger partial charge in [-0.2, -0.15) is 0 Å². The Morgan fingerprint density at radius 1 is 1.06 bits per heavy atom. The zero-order valence-corrected chi connectivity index (χ0v) is 10.7. The lowest BCUT2D eigenvalue weighted by Gasteiger charge is -2.29. The molecule has 0 bridgehead atoms. The summed E-state index contributed by atoms with van der Waals surface area (Å²) in [6, 6.07) is 5.24. The number of benzene rings is 1. The van der Waals surface area contributed by atoms with Gasteiger partial charge in [-0.1, -0.05) is 0 Å². The van der Waals surface area contributed by atoms with E-state index in [0.29, 0.717) is 11.4 Å². The summed E-state index contributed by atoms with van der Waals surface area (Å²) in [7, 11) is 0. The molecule has 0 aliphatic carbocycles. The molecule has 16 heavy (non-hydrogen) atoms. The normalized spacial score (nSPS) is 14.9. The predicted octanol–water partition coefficient (Wildman–Crippen LogP) is 2.81. The highest BCUT2D eigenvalue weighted by atomic mass is 35.5. The molecule has 1 aliphatic rings. The number of nitrogens with two attached hydrogens (primary N) is 1. The first-order valence-electron chi connectivity index (χ1n) is 5.11. The van der Waals surface area contributed by atoms with Crippen LogP contribution >= 0.6 is 24.8 Å². The lowest BCUT2D eigenvalue weighted by molar-refractivity contribution is 0.469. The Balaban J connectivity index is 0.00000112. The fraction of sp³-hybridized carbons (Fsp3) is 0.455. The first kappa shape index (κ1) is 15.2. The second-order valence-electron chi connectivity index (χ2n) is 3.80. The van der Waals surface area contributed by atoms with Gasteiger partial charge in [0.1, 0.15) is 5.75 Å². The molecule has 3 N–H and O–H groups in total. The Labute approximate surface area is 108 Å². The summed E-state index contributed by atoms with van der Waals surface area (Å²) in [5, 5.41) is 9.69. The molecule has 2 rings (SSSR count). The predicted molar refractivity (Wildman–Crippen MR) is 73.1 cm³/mol. The Morgan fingerprint density at radius 3 is 2.31 bits per heavy atom. The van der Waals surface area contributed by atoms with E-state index < -0.39 is 0 Å². The maximum Gasteiger partial charge on any atom is 0.139 e. The first-order chi connectivity index (χ1) is 6.77. The summed E-state index contributed by atoms with van der Waals surface area (Å²) < 4.78 is 0. The third-order valence-electron chi connectivity index (χ3n) is 2.70. The highest BCUT2D eigenvalue weighted by Gasteiger charge is 2.14. The minimum atomic E-state index is 0. The number of aromatic hydroxyl groups is 1. The zero-order valence-electron chi connectivity index (χ0n) is 9.06. The van der Waals surface area contributed by atoms with Gasteiger partial charge in [0.05, 0.1) is 5.69 Å². The van der Waals surface area contributed by atoms with Crippen LogP contribution in [-0.2, 0) is 0 Å². The van der Waals surface area contributed by atoms with Crippen LogP contribution in [0.1, 0.15) is 19.3 Å². The number of nitrogens with zero attached hydrogens (tertiary/aromatic N) is 1. The zero-order chi connectivity index (χ0) is 9.97. The number of rotatable bonds is 1. The third kappa shape index (κ3) is 3.35. The average Bonchev–Trinajstić information content (AvgIpc) is 2.23. The van der Waals surface area contributed by atoms with Crippen LogP contribution in [0.2, 0.25) is 0 Å². The molecule has 1 aromatic rings. The Morgan fingerprint density at radius 2 is 1.69 bits per heavy atom. The van der Waals surface area contributed by atoms with Gasteiger partial charge >= 0.3 is 0 Å². The summed E-state index contributed by atoms with van der Waals surface area (Å²) in [5.41, 5.74) is 7.29. The molecule has 1 fully saturated rings. The molecule has 1 saturated heterocycles. The van der Waals surface area contributed by atoms with Crippen LogP contribution in [0.5, 0.6) is 5.75 Å². The molecule has 5 heteroatoms. The lowest BCUT2D eigenvalue weighted by atomic mass is 10.1. The van der Waals surface area contributed by atoms with Gasteiger partial charge in [0.2, 0.25) is 0 Å². The topological polar surface area (TPSA) is 49.5 Å². The molecule has 3 nitrogen and oxygen atoms in total. The molecule has 0 atom stereocenters. The van der Waals surface area contributed by atoms with Gasteiger partial charge in [-0.25, -0.2) is 0 Å². The average molecular weight is 265 g/mol. The van der Waals surface area contributed by atoms with Crippen molar-refractivity contribution in [3.63, 3.8) is 0 Å². The quantitative estimate of drug-likeness (QED) is 0.606. The molecule has 0 spiro atoms. The first-order valence-corrected chi connectivity index (χ1v) is 5.11. The number of phenolic OH excluding ortho intramolecular Hbond substituents is 1. The maximum absolute atomic E-state index is 9.69. The molecule has 1 heterocycles. The van der Waals surface area contributed by atoms with Crippen molar-refractivity contribution in [3.05, 3.63) is 18.2 Å². The summed E-state index contributed by atoms with van der Waals surface area (Å²) >= 11 is 0. The number of hydrogen-bond donors (Lipinski definition) is 2. The van der Waals surface area contributed by atoms with E-state index in [2.05, 4.69) is 4.90 Å². The number of hydrogen-bond acceptors (Lipinski definition) is 3. The SMILES string of the molecule is Cl.Cl.Nc1ccc(O)c(N2CCCCC2)c1. The lowest BCUT2D eigenvalue weighted by Crippen LogP contribution is -2.29. The van der Waals surface area contributed by atoms with Gasteiger partial charge < -0.3 is 15.7 Å². The van der Waals surface area contributed by atoms with Gasteiger partial charge in [0.25, 0.3) is 0 Å². The summed E-state index contributed by atoms with van der Waals surface area (Å²) in [6.07, 6.45) is 3.70. The molecular weight excluding hydrogens is 247 g/mol. The van der Waals surface area contributed by atoms with Gasteiger partial charge in [0.15, 0.2) is 0 Å². The molecule has 0 unspecified atom stereocenters. The molecule has 0 amide bonds. The van der Waals surface area contributed by atoms with E-state index in [9.17, 15) is 5.11 Å². The number of anilines is 2. The monoisotopic (exact) mass is 264 g/mol. The second-order valence-corrected chi connectivity index (χ2v) is 3.80. The Bertz CT molecular complexity index is 328. The van der Waals surface area contributed by atoms with Crippen molar-refractivity contribution in [1.29, 1.82) is 0 Å². The summed E-state index contributed by atoms with van der Waals surface area (Å²) in [6.45, 7) is 2.05. The summed E-state index contributed by atoms with van der Waals surface area (Å²) in [5.74, 6) is 0.334. The molecule has 1 aromatic carbocycles. The molecule has 0 aromatic heterocycles. The maximum atomic E-state index is 9.69. The van der Waals surface area contributed by atoms with Crippen LogP contribution in [0.25, 0.3) is 0 Å². The Hall–Kier alpha value is -0.800. The van der Waals surface area contributed by atoms with Gasteiger partial charge in [-0.3, -0.25) is 0 Å². The van der Waals surface area contributed by atoms with Crippen LogP contribution in [0.4, 0.5) is 11.4 Å². The van der Waals surface area contributed by atoms with E-state index in [1.807, 2.05) is 6.07 Å². The molecule has 0 radical (unpaired) electrons. The van der Waals surface area contributed by atoms with Crippen molar-refractivity contribution in [2.75, 3.05) is 23.7 Å². The number of phenols is 1. The number of halogens is 2. The van der Waals surface area contributed by atoms with Crippen molar-refractivity contribution in [2.45, 2.75) is 19.3 Å². The van der Waals surface area contributed by atoms with Crippen LogP contribution in [0.15, 0.2) is 18.2 Å². The largest absolute Gasteiger partial charge is 0.506 e. The van der Waals surface area contributed by atoms with Crippen molar-refractivity contribution >= 4 is 36.2 Å². The third-order valence-corrected chi connectivity index (χ3v) is 2.70. The highest BCUT2D eigenvalue weighted by Crippen LogP contribution is 2.31. The van der Waals surface area contributed by atoms with Gasteiger partial charge in [-0.15, -0.1) is 24.8 Å². The smallest absolute Gasteiger partial charge is 0.139 e. The van der Waals surface area contributed by atoms with Crippen LogP contribution in [0, 0.1) is 0 Å².